The van der Waals surface area contributed by atoms with Crippen LogP contribution in [0.1, 0.15) is 44.3 Å². The van der Waals surface area contributed by atoms with E-state index in [1.165, 1.54) is 11.1 Å². The van der Waals surface area contributed by atoms with E-state index in [1.54, 1.807) is 14.2 Å². The third-order valence-electron chi connectivity index (χ3n) is 6.40. The predicted molar refractivity (Wildman–Crippen MR) is 131 cm³/mol. The summed E-state index contributed by atoms with van der Waals surface area (Å²) in [5, 5.41) is 7.60. The maximum Gasteiger partial charge on any atom is 0.273 e. The first-order valence-electron chi connectivity index (χ1n) is 11.2. The van der Waals surface area contributed by atoms with Crippen LogP contribution in [0.2, 0.25) is 0 Å². The standard InChI is InChI=1S/C28H27N3O3/c1-17-5-9-19(10-6-17)16-31-27(22-14-13-21(33-3)15-23(22)34-4)24-25(29-30-26(24)28(31)32)20-11-7-18(2)8-12-20/h5-15,27H,16H2,1-4H3,(H,29,30). The molecule has 1 aliphatic rings. The van der Waals surface area contributed by atoms with E-state index < -0.39 is 0 Å². The van der Waals surface area contributed by atoms with E-state index in [2.05, 4.69) is 60.4 Å². The van der Waals surface area contributed by atoms with Gasteiger partial charge in [0, 0.05) is 29.3 Å². The first-order chi connectivity index (χ1) is 16.5. The Bertz CT molecular complexity index is 1340. The van der Waals surface area contributed by atoms with Crippen molar-refractivity contribution in [3.8, 4) is 22.8 Å². The number of benzene rings is 3. The molecule has 0 spiro atoms. The number of fused-ring (bicyclic) bond motifs is 1. The zero-order chi connectivity index (χ0) is 23.8. The number of nitrogens with one attached hydrogen (secondary N) is 1. The molecular weight excluding hydrogens is 426 g/mol. The molecule has 2 heterocycles. The summed E-state index contributed by atoms with van der Waals surface area (Å²) in [5.41, 5.74) is 7.42. The van der Waals surface area contributed by atoms with Gasteiger partial charge in [-0.25, -0.2) is 0 Å². The van der Waals surface area contributed by atoms with Gasteiger partial charge in [-0.05, 0) is 31.5 Å². The number of carbonyl (C=O) groups excluding carboxylic acids is 1. The summed E-state index contributed by atoms with van der Waals surface area (Å²) in [6.07, 6.45) is 0. The Balaban J connectivity index is 1.67. The van der Waals surface area contributed by atoms with E-state index in [9.17, 15) is 4.79 Å². The Hall–Kier alpha value is -4.06. The van der Waals surface area contributed by atoms with Gasteiger partial charge in [-0.1, -0.05) is 59.7 Å². The number of ether oxygens (including phenoxy) is 2. The van der Waals surface area contributed by atoms with E-state index in [0.29, 0.717) is 23.7 Å². The number of carbonyl (C=O) groups is 1. The number of aryl methyl sites for hydroxylation is 2. The highest BCUT2D eigenvalue weighted by Gasteiger charge is 2.43. The first kappa shape index (κ1) is 21.8. The normalized spacial score (nSPS) is 14.9. The molecule has 1 N–H and O–H groups in total. The van der Waals surface area contributed by atoms with E-state index in [1.807, 2.05) is 35.2 Å². The number of aromatic nitrogens is 2. The summed E-state index contributed by atoms with van der Waals surface area (Å²) in [6.45, 7) is 4.57. The lowest BCUT2D eigenvalue weighted by Gasteiger charge is -2.28. The van der Waals surface area contributed by atoms with Crippen molar-refractivity contribution in [2.75, 3.05) is 14.2 Å². The van der Waals surface area contributed by atoms with E-state index >= 15 is 0 Å². The van der Waals surface area contributed by atoms with Crippen LogP contribution in [0.25, 0.3) is 11.3 Å². The van der Waals surface area contributed by atoms with Crippen LogP contribution < -0.4 is 9.47 Å². The molecule has 6 nitrogen and oxygen atoms in total. The minimum atomic E-state index is -0.361. The molecule has 1 atom stereocenters. The molecule has 3 aromatic carbocycles. The second-order valence-corrected chi connectivity index (χ2v) is 8.66. The molecule has 1 aromatic heterocycles. The number of hydrogen-bond acceptors (Lipinski definition) is 4. The zero-order valence-corrected chi connectivity index (χ0v) is 19.8. The Labute approximate surface area is 199 Å². The van der Waals surface area contributed by atoms with Gasteiger partial charge in [-0.3, -0.25) is 9.89 Å². The highest BCUT2D eigenvalue weighted by atomic mass is 16.5. The lowest BCUT2D eigenvalue weighted by Crippen LogP contribution is -2.29. The van der Waals surface area contributed by atoms with Gasteiger partial charge in [0.15, 0.2) is 0 Å². The van der Waals surface area contributed by atoms with Crippen LogP contribution >= 0.6 is 0 Å². The van der Waals surface area contributed by atoms with Crippen molar-refractivity contribution < 1.29 is 14.3 Å². The third kappa shape index (κ3) is 3.71. The average Bonchev–Trinajstić information content (AvgIpc) is 3.40. The molecular formula is C28H27N3O3. The molecule has 6 heteroatoms. The Morgan fingerprint density at radius 3 is 2.24 bits per heavy atom. The van der Waals surface area contributed by atoms with Crippen LogP contribution in [0.5, 0.6) is 11.5 Å². The summed E-state index contributed by atoms with van der Waals surface area (Å²) in [5.74, 6) is 1.28. The van der Waals surface area contributed by atoms with Gasteiger partial charge in [-0.2, -0.15) is 5.10 Å². The van der Waals surface area contributed by atoms with Crippen LogP contribution in [0.4, 0.5) is 0 Å². The van der Waals surface area contributed by atoms with Crippen molar-refractivity contribution >= 4 is 5.91 Å². The lowest BCUT2D eigenvalue weighted by atomic mass is 9.94. The molecule has 5 rings (SSSR count). The molecule has 0 radical (unpaired) electrons. The summed E-state index contributed by atoms with van der Waals surface area (Å²) in [7, 11) is 3.26. The zero-order valence-electron chi connectivity index (χ0n) is 19.8. The number of rotatable bonds is 6. The van der Waals surface area contributed by atoms with Gasteiger partial charge in [-0.15, -0.1) is 0 Å². The molecule has 1 unspecified atom stereocenters. The molecule has 34 heavy (non-hydrogen) atoms. The molecule has 172 valence electrons. The monoisotopic (exact) mass is 453 g/mol. The topological polar surface area (TPSA) is 67.5 Å². The van der Waals surface area contributed by atoms with E-state index in [4.69, 9.17) is 9.47 Å². The summed E-state index contributed by atoms with van der Waals surface area (Å²) < 4.78 is 11.2. The number of H-pyrrole nitrogens is 1. The van der Waals surface area contributed by atoms with Gasteiger partial charge in [0.25, 0.3) is 5.91 Å². The maximum absolute atomic E-state index is 13.7. The fourth-order valence-corrected chi connectivity index (χ4v) is 4.55. The molecule has 1 aliphatic heterocycles. The number of aromatic amines is 1. The highest BCUT2D eigenvalue weighted by molar-refractivity contribution is 6.00. The predicted octanol–water partition coefficient (Wildman–Crippen LogP) is 5.46. The maximum atomic E-state index is 13.7. The van der Waals surface area contributed by atoms with Crippen molar-refractivity contribution in [2.45, 2.75) is 26.4 Å². The van der Waals surface area contributed by atoms with Crippen LogP contribution in [0, 0.1) is 13.8 Å². The van der Waals surface area contributed by atoms with Crippen molar-refractivity contribution in [2.24, 2.45) is 0 Å². The van der Waals surface area contributed by atoms with E-state index in [0.717, 1.165) is 27.9 Å². The van der Waals surface area contributed by atoms with Crippen LogP contribution in [-0.2, 0) is 6.54 Å². The fraction of sp³-hybridized carbons (Fsp3) is 0.214. The fourth-order valence-electron chi connectivity index (χ4n) is 4.55. The largest absolute Gasteiger partial charge is 0.497 e. The Morgan fingerprint density at radius 1 is 0.912 bits per heavy atom. The second kappa shape index (κ2) is 8.71. The van der Waals surface area contributed by atoms with Gasteiger partial charge < -0.3 is 14.4 Å². The van der Waals surface area contributed by atoms with E-state index in [-0.39, 0.29) is 11.9 Å². The minimum absolute atomic E-state index is 0.0793. The first-order valence-corrected chi connectivity index (χ1v) is 11.2. The Kier molecular flexibility index (Phi) is 5.57. The quantitative estimate of drug-likeness (QED) is 0.421. The molecule has 4 aromatic rings. The highest BCUT2D eigenvalue weighted by Crippen LogP contribution is 2.46. The van der Waals surface area contributed by atoms with Crippen molar-refractivity contribution in [1.82, 2.24) is 15.1 Å². The van der Waals surface area contributed by atoms with Crippen LogP contribution in [-0.4, -0.2) is 35.2 Å². The van der Waals surface area contributed by atoms with Gasteiger partial charge in [0.2, 0.25) is 0 Å². The van der Waals surface area contributed by atoms with Gasteiger partial charge >= 0.3 is 0 Å². The summed E-state index contributed by atoms with van der Waals surface area (Å²) >= 11 is 0. The van der Waals surface area contributed by atoms with Crippen molar-refractivity contribution in [1.29, 1.82) is 0 Å². The van der Waals surface area contributed by atoms with Gasteiger partial charge in [0.1, 0.15) is 17.2 Å². The summed E-state index contributed by atoms with van der Waals surface area (Å²) in [6, 6.07) is 21.8. The molecule has 0 fully saturated rings. The lowest BCUT2D eigenvalue weighted by molar-refractivity contribution is 0.0728. The molecule has 0 saturated heterocycles. The minimum Gasteiger partial charge on any atom is -0.497 e. The number of methoxy groups -OCH3 is 2. The third-order valence-corrected chi connectivity index (χ3v) is 6.40. The van der Waals surface area contributed by atoms with Gasteiger partial charge in [0.05, 0.1) is 26.0 Å². The van der Waals surface area contributed by atoms with Crippen molar-refractivity contribution in [3.05, 3.63) is 100 Å². The number of amides is 1. The molecule has 0 bridgehead atoms. The Morgan fingerprint density at radius 2 is 1.59 bits per heavy atom. The SMILES string of the molecule is COc1ccc(C2c3c(-c4ccc(C)cc4)n[nH]c3C(=O)N2Cc2ccc(C)cc2)c(OC)c1. The summed E-state index contributed by atoms with van der Waals surface area (Å²) in [4.78, 5) is 15.5. The molecule has 0 aliphatic carbocycles. The number of nitrogens with zero attached hydrogens (tertiary/aromatic N) is 2. The van der Waals surface area contributed by atoms with Crippen LogP contribution in [0.15, 0.2) is 66.7 Å². The molecule has 1 amide bonds. The second-order valence-electron chi connectivity index (χ2n) is 8.66. The number of hydrogen-bond donors (Lipinski definition) is 1. The average molecular weight is 454 g/mol. The smallest absolute Gasteiger partial charge is 0.273 e. The molecule has 0 saturated carbocycles. The van der Waals surface area contributed by atoms with Crippen molar-refractivity contribution in [3.63, 3.8) is 0 Å². The van der Waals surface area contributed by atoms with Crippen LogP contribution in [0.3, 0.4) is 0 Å².